The van der Waals surface area contributed by atoms with Crippen LogP contribution in [0, 0.1) is 11.8 Å². The van der Waals surface area contributed by atoms with E-state index in [1.807, 2.05) is 30.3 Å². The molecule has 116 valence electrons. The number of rotatable bonds is 6. The quantitative estimate of drug-likeness (QED) is 0.751. The first-order valence-corrected chi connectivity index (χ1v) is 7.97. The van der Waals surface area contributed by atoms with E-state index in [9.17, 15) is 4.79 Å². The number of carbonyl (C=O) groups excluding carboxylic acids is 1. The average molecular weight is 289 g/mol. The van der Waals surface area contributed by atoms with Crippen molar-refractivity contribution in [2.45, 2.75) is 38.7 Å². The Bertz CT molecular complexity index is 422. The number of ether oxygens (including phenoxy) is 1. The Morgan fingerprint density at radius 1 is 1.10 bits per heavy atom. The van der Waals surface area contributed by atoms with E-state index in [1.54, 1.807) is 0 Å². The molecule has 0 spiro atoms. The molecule has 1 aromatic carbocycles. The van der Waals surface area contributed by atoms with Crippen LogP contribution in [0.4, 0.5) is 0 Å². The van der Waals surface area contributed by atoms with E-state index in [0.29, 0.717) is 18.9 Å². The van der Waals surface area contributed by atoms with Gasteiger partial charge in [0.25, 0.3) is 0 Å². The summed E-state index contributed by atoms with van der Waals surface area (Å²) in [5.41, 5.74) is 1.06. The molecule has 3 nitrogen and oxygen atoms in total. The highest BCUT2D eigenvalue weighted by atomic mass is 16.5. The molecule has 0 aromatic heterocycles. The van der Waals surface area contributed by atoms with Crippen molar-refractivity contribution in [3.63, 3.8) is 0 Å². The highest BCUT2D eigenvalue weighted by Gasteiger charge is 2.23. The molecule has 0 saturated heterocycles. The number of nitrogens with zero attached hydrogens (tertiary/aromatic N) is 1. The van der Waals surface area contributed by atoms with Crippen LogP contribution in [0.5, 0.6) is 0 Å². The van der Waals surface area contributed by atoms with Crippen molar-refractivity contribution in [1.29, 1.82) is 0 Å². The van der Waals surface area contributed by atoms with Gasteiger partial charge in [0.1, 0.15) is 6.61 Å². The van der Waals surface area contributed by atoms with Crippen LogP contribution in [0.2, 0.25) is 0 Å². The standard InChI is InChI=1S/C18H27NO2/c1-19(2)13-16-10-8-15(9-11-16)12-18(20)21-14-17-6-4-3-5-7-17/h3-7,15-16H,8-14H2,1-2H3/t15-,16-. The monoisotopic (exact) mass is 289 g/mol. The van der Waals surface area contributed by atoms with Gasteiger partial charge in [0.15, 0.2) is 0 Å². The van der Waals surface area contributed by atoms with E-state index in [-0.39, 0.29) is 5.97 Å². The molecule has 1 fully saturated rings. The van der Waals surface area contributed by atoms with E-state index < -0.39 is 0 Å². The third-order valence-corrected chi connectivity index (χ3v) is 4.29. The van der Waals surface area contributed by atoms with Crippen molar-refractivity contribution < 1.29 is 9.53 Å². The van der Waals surface area contributed by atoms with Crippen LogP contribution in [0.15, 0.2) is 30.3 Å². The number of carbonyl (C=O) groups is 1. The molecular weight excluding hydrogens is 262 g/mol. The second-order valence-electron chi connectivity index (χ2n) is 6.50. The van der Waals surface area contributed by atoms with Crippen LogP contribution >= 0.6 is 0 Å². The topological polar surface area (TPSA) is 29.5 Å². The summed E-state index contributed by atoms with van der Waals surface area (Å²) in [6.07, 6.45) is 5.41. The summed E-state index contributed by atoms with van der Waals surface area (Å²) in [4.78, 5) is 14.2. The molecule has 0 bridgehead atoms. The number of hydrogen-bond donors (Lipinski definition) is 0. The first kappa shape index (κ1) is 16.0. The molecule has 0 aliphatic heterocycles. The Kier molecular flexibility index (Phi) is 6.24. The fourth-order valence-electron chi connectivity index (χ4n) is 3.17. The van der Waals surface area contributed by atoms with E-state index in [2.05, 4.69) is 19.0 Å². The van der Waals surface area contributed by atoms with E-state index in [1.165, 1.54) is 32.2 Å². The second kappa shape index (κ2) is 8.18. The van der Waals surface area contributed by atoms with E-state index >= 15 is 0 Å². The van der Waals surface area contributed by atoms with Gasteiger partial charge in [0.05, 0.1) is 0 Å². The first-order chi connectivity index (χ1) is 10.1. The largest absolute Gasteiger partial charge is 0.461 e. The lowest BCUT2D eigenvalue weighted by atomic mass is 9.80. The van der Waals surface area contributed by atoms with Gasteiger partial charge in [-0.3, -0.25) is 4.79 Å². The minimum Gasteiger partial charge on any atom is -0.461 e. The minimum atomic E-state index is -0.0464. The first-order valence-electron chi connectivity index (χ1n) is 7.97. The predicted octanol–water partition coefficient (Wildman–Crippen LogP) is 3.49. The van der Waals surface area contributed by atoms with Crippen LogP contribution in [-0.2, 0) is 16.1 Å². The van der Waals surface area contributed by atoms with Crippen LogP contribution in [0.25, 0.3) is 0 Å². The zero-order chi connectivity index (χ0) is 15.1. The number of benzene rings is 1. The second-order valence-corrected chi connectivity index (χ2v) is 6.50. The Morgan fingerprint density at radius 3 is 2.33 bits per heavy atom. The van der Waals surface area contributed by atoms with Crippen molar-refractivity contribution >= 4 is 5.97 Å². The summed E-state index contributed by atoms with van der Waals surface area (Å²) in [7, 11) is 4.26. The lowest BCUT2D eigenvalue weighted by Crippen LogP contribution is -2.26. The van der Waals surface area contributed by atoms with Crippen LogP contribution < -0.4 is 0 Å². The minimum absolute atomic E-state index is 0.0464. The summed E-state index contributed by atoms with van der Waals surface area (Å²) in [5, 5.41) is 0. The third-order valence-electron chi connectivity index (χ3n) is 4.29. The molecule has 0 amide bonds. The van der Waals surface area contributed by atoms with Crippen molar-refractivity contribution in [3.05, 3.63) is 35.9 Å². The zero-order valence-electron chi connectivity index (χ0n) is 13.3. The maximum Gasteiger partial charge on any atom is 0.306 e. The van der Waals surface area contributed by atoms with Crippen molar-refractivity contribution in [3.8, 4) is 0 Å². The van der Waals surface area contributed by atoms with Crippen molar-refractivity contribution in [1.82, 2.24) is 4.90 Å². The third kappa shape index (κ3) is 5.88. The van der Waals surface area contributed by atoms with Crippen molar-refractivity contribution in [2.24, 2.45) is 11.8 Å². The lowest BCUT2D eigenvalue weighted by Gasteiger charge is -2.29. The Hall–Kier alpha value is -1.35. The molecular formula is C18H27NO2. The van der Waals surface area contributed by atoms with Crippen LogP contribution in [-0.4, -0.2) is 31.5 Å². The van der Waals surface area contributed by atoms with E-state index in [0.717, 1.165) is 11.5 Å². The van der Waals surface area contributed by atoms with E-state index in [4.69, 9.17) is 4.74 Å². The summed E-state index contributed by atoms with van der Waals surface area (Å²) < 4.78 is 5.38. The molecule has 1 saturated carbocycles. The van der Waals surface area contributed by atoms with Gasteiger partial charge in [-0.2, -0.15) is 0 Å². The van der Waals surface area contributed by atoms with Crippen molar-refractivity contribution in [2.75, 3.05) is 20.6 Å². The molecule has 0 atom stereocenters. The SMILES string of the molecule is CN(C)C[C@H]1CC[C@H](CC(=O)OCc2ccccc2)CC1. The molecule has 1 aliphatic carbocycles. The molecule has 21 heavy (non-hydrogen) atoms. The maximum absolute atomic E-state index is 11.9. The molecule has 0 radical (unpaired) electrons. The summed E-state index contributed by atoms with van der Waals surface area (Å²) >= 11 is 0. The van der Waals surface area contributed by atoms with Gasteiger partial charge in [0.2, 0.25) is 0 Å². The molecule has 1 aromatic rings. The average Bonchev–Trinajstić information content (AvgIpc) is 2.48. The Balaban J connectivity index is 1.65. The van der Waals surface area contributed by atoms with Gasteiger partial charge < -0.3 is 9.64 Å². The Labute approximate surface area is 128 Å². The van der Waals surface area contributed by atoms with Gasteiger partial charge in [-0.1, -0.05) is 30.3 Å². The van der Waals surface area contributed by atoms with Crippen LogP contribution in [0.3, 0.4) is 0 Å². The van der Waals surface area contributed by atoms with Gasteiger partial charge in [-0.15, -0.1) is 0 Å². The molecule has 0 unspecified atom stereocenters. The summed E-state index contributed by atoms with van der Waals surface area (Å²) in [6.45, 7) is 1.57. The maximum atomic E-state index is 11.9. The van der Waals surface area contributed by atoms with Gasteiger partial charge in [-0.05, 0) is 57.2 Å². The van der Waals surface area contributed by atoms with Gasteiger partial charge >= 0.3 is 5.97 Å². The molecule has 2 rings (SSSR count). The smallest absolute Gasteiger partial charge is 0.306 e. The highest BCUT2D eigenvalue weighted by molar-refractivity contribution is 5.69. The molecule has 1 aliphatic rings. The summed E-state index contributed by atoms with van der Waals surface area (Å²) in [5.74, 6) is 1.28. The van der Waals surface area contributed by atoms with Gasteiger partial charge in [-0.25, -0.2) is 0 Å². The molecule has 0 heterocycles. The normalized spacial score (nSPS) is 22.2. The zero-order valence-corrected chi connectivity index (χ0v) is 13.3. The molecule has 3 heteroatoms. The number of hydrogen-bond acceptors (Lipinski definition) is 3. The fourth-order valence-corrected chi connectivity index (χ4v) is 3.17. The fraction of sp³-hybridized carbons (Fsp3) is 0.611. The lowest BCUT2D eigenvalue weighted by molar-refractivity contribution is -0.146. The summed E-state index contributed by atoms with van der Waals surface area (Å²) in [6, 6.07) is 9.88. The Morgan fingerprint density at radius 2 is 1.71 bits per heavy atom. The van der Waals surface area contributed by atoms with Gasteiger partial charge in [0, 0.05) is 13.0 Å². The molecule has 0 N–H and O–H groups in total. The highest BCUT2D eigenvalue weighted by Crippen LogP contribution is 2.31. The predicted molar refractivity (Wildman–Crippen MR) is 84.9 cm³/mol. The van der Waals surface area contributed by atoms with Crippen LogP contribution in [0.1, 0.15) is 37.7 Å². The number of esters is 1.